The molecule has 0 radical (unpaired) electrons. The Morgan fingerprint density at radius 2 is 2.21 bits per heavy atom. The lowest BCUT2D eigenvalue weighted by molar-refractivity contribution is 0.0812. The van der Waals surface area contributed by atoms with Crippen molar-refractivity contribution in [2.75, 3.05) is 18.8 Å². The zero-order valence-electron chi connectivity index (χ0n) is 15.3. The van der Waals surface area contributed by atoms with Gasteiger partial charge in [0.25, 0.3) is 5.91 Å². The van der Waals surface area contributed by atoms with Crippen molar-refractivity contribution in [3.05, 3.63) is 29.7 Å². The molecule has 154 valence electrons. The number of halogens is 1. The van der Waals surface area contributed by atoms with Crippen LogP contribution in [0.4, 0.5) is 5.95 Å². The number of carbonyl (C=O) groups excluding carboxylic acids is 1. The van der Waals surface area contributed by atoms with E-state index in [4.69, 9.17) is 28.8 Å². The van der Waals surface area contributed by atoms with Gasteiger partial charge in [-0.05, 0) is 30.5 Å². The molecular weight excluding hydrogens is 398 g/mol. The van der Waals surface area contributed by atoms with Gasteiger partial charge >= 0.3 is 0 Å². The van der Waals surface area contributed by atoms with Crippen molar-refractivity contribution in [1.29, 1.82) is 0 Å². The fraction of sp³-hybridized carbons (Fsp3) is 0.471. The Kier molecular flexibility index (Phi) is 3.86. The number of guanidine groups is 1. The minimum Gasteiger partial charge on any atom is -0.370 e. The van der Waals surface area contributed by atoms with Crippen molar-refractivity contribution >= 4 is 29.4 Å². The van der Waals surface area contributed by atoms with Crippen LogP contribution in [0.5, 0.6) is 0 Å². The fourth-order valence-corrected chi connectivity index (χ4v) is 5.81. The normalized spacial score (nSPS) is 35.6. The highest BCUT2D eigenvalue weighted by Gasteiger charge is 2.66. The number of nitrogen functional groups attached to an aromatic ring is 1. The van der Waals surface area contributed by atoms with Gasteiger partial charge in [0, 0.05) is 18.7 Å². The Hall–Kier alpha value is -2.76. The second-order valence-corrected chi connectivity index (χ2v) is 8.19. The van der Waals surface area contributed by atoms with Gasteiger partial charge in [-0.1, -0.05) is 0 Å². The molecule has 2 aromatic heterocycles. The summed E-state index contributed by atoms with van der Waals surface area (Å²) in [5, 5.41) is 16.4. The van der Waals surface area contributed by atoms with Gasteiger partial charge in [0.05, 0.1) is 11.1 Å². The number of fused-ring (bicyclic) bond motifs is 6. The first-order chi connectivity index (χ1) is 13.9. The molecule has 29 heavy (non-hydrogen) atoms. The van der Waals surface area contributed by atoms with E-state index >= 15 is 0 Å². The first kappa shape index (κ1) is 18.3. The van der Waals surface area contributed by atoms with E-state index in [9.17, 15) is 9.90 Å². The second-order valence-electron chi connectivity index (χ2n) is 7.72. The number of nitrogens with two attached hydrogens (primary N) is 3. The van der Waals surface area contributed by atoms with Crippen LogP contribution in [0.3, 0.4) is 0 Å². The number of hydrogen-bond donors (Lipinski definition) is 7. The number of aromatic nitrogens is 3. The Labute approximate surface area is 170 Å². The van der Waals surface area contributed by atoms with Gasteiger partial charge in [-0.25, -0.2) is 4.99 Å². The fourth-order valence-electron chi connectivity index (χ4n) is 5.22. The van der Waals surface area contributed by atoms with Crippen molar-refractivity contribution in [1.82, 2.24) is 25.2 Å². The van der Waals surface area contributed by atoms with Gasteiger partial charge in [0.1, 0.15) is 11.2 Å². The molecule has 5 rings (SSSR count). The lowest BCUT2D eigenvalue weighted by atomic mass is 9.79. The number of aromatic amines is 1. The molecule has 1 aliphatic carbocycles. The maximum absolute atomic E-state index is 12.8. The van der Waals surface area contributed by atoms with E-state index in [0.717, 1.165) is 0 Å². The molecule has 0 unspecified atom stereocenters. The number of rotatable bonds is 1. The number of nitrogens with zero attached hydrogens (tertiary/aromatic N) is 3. The minimum atomic E-state index is -1.20. The quantitative estimate of drug-likeness (QED) is 0.271. The number of H-pyrrole nitrogens is 1. The summed E-state index contributed by atoms with van der Waals surface area (Å²) in [5.74, 6) is -0.409. The van der Waals surface area contributed by atoms with Crippen LogP contribution < -0.4 is 27.8 Å². The van der Waals surface area contributed by atoms with Crippen LogP contribution in [0.15, 0.2) is 23.3 Å². The number of aliphatic hydroxyl groups excluding tert-OH is 1. The number of nitrogens with one attached hydrogen (secondary N) is 3. The summed E-state index contributed by atoms with van der Waals surface area (Å²) in [6.07, 6.45) is 0.532. The third-order valence-corrected chi connectivity index (χ3v) is 7.06. The highest BCUT2D eigenvalue weighted by molar-refractivity contribution is 6.22. The van der Waals surface area contributed by atoms with Gasteiger partial charge in [-0.3, -0.25) is 9.36 Å². The molecule has 11 nitrogen and oxygen atoms in total. The highest BCUT2D eigenvalue weighted by Crippen LogP contribution is 2.55. The Morgan fingerprint density at radius 3 is 2.90 bits per heavy atom. The average molecular weight is 420 g/mol. The molecule has 1 fully saturated rings. The van der Waals surface area contributed by atoms with Crippen molar-refractivity contribution in [3.63, 3.8) is 0 Å². The summed E-state index contributed by atoms with van der Waals surface area (Å²) >= 11 is 6.90. The van der Waals surface area contributed by atoms with Gasteiger partial charge < -0.3 is 37.9 Å². The lowest BCUT2D eigenvalue weighted by Crippen LogP contribution is -2.60. The number of amides is 1. The Balaban J connectivity index is 1.78. The molecule has 1 amide bonds. The van der Waals surface area contributed by atoms with Crippen molar-refractivity contribution in [3.8, 4) is 5.82 Å². The number of imidazole rings is 1. The maximum atomic E-state index is 12.8. The van der Waals surface area contributed by atoms with E-state index in [0.29, 0.717) is 23.8 Å². The number of hydrogen-bond acceptors (Lipinski definition) is 8. The van der Waals surface area contributed by atoms with Crippen molar-refractivity contribution < 1.29 is 9.90 Å². The summed E-state index contributed by atoms with van der Waals surface area (Å²) in [6.45, 7) is 0.556. The number of alkyl halides is 1. The molecule has 1 saturated carbocycles. The Morgan fingerprint density at radius 1 is 1.41 bits per heavy atom. The minimum absolute atomic E-state index is 0.0965. The summed E-state index contributed by atoms with van der Waals surface area (Å²) in [7, 11) is 0. The Bertz CT molecular complexity index is 1020. The third kappa shape index (κ3) is 2.28. The summed E-state index contributed by atoms with van der Waals surface area (Å²) in [4.78, 5) is 24.5. The third-order valence-electron chi connectivity index (χ3n) is 6.38. The molecule has 0 bridgehead atoms. The SMILES string of the molecule is NC[C@@H]1[C@H]2CNC(=O)c3cccn3-c3nc(N)[nH]c3[C@@H]2[C@]2(NC(N)=N[C@H]2O)[C@H]1Cl. The van der Waals surface area contributed by atoms with Gasteiger partial charge in [-0.15, -0.1) is 11.6 Å². The van der Waals surface area contributed by atoms with Crippen LogP contribution in [-0.4, -0.2) is 61.7 Å². The predicted octanol–water partition coefficient (Wildman–Crippen LogP) is -1.60. The molecule has 2 aliphatic heterocycles. The van der Waals surface area contributed by atoms with Crippen molar-refractivity contribution in [2.45, 2.75) is 23.1 Å². The van der Waals surface area contributed by atoms with E-state index in [1.165, 1.54) is 0 Å². The molecule has 0 aromatic carbocycles. The number of anilines is 1. The largest absolute Gasteiger partial charge is 0.370 e. The number of aliphatic hydroxyl groups is 1. The zero-order valence-corrected chi connectivity index (χ0v) is 16.1. The van der Waals surface area contributed by atoms with Gasteiger partial charge in [0.15, 0.2) is 24.0 Å². The monoisotopic (exact) mass is 419 g/mol. The number of aliphatic imine (C=N–C) groups is 1. The highest BCUT2D eigenvalue weighted by atomic mass is 35.5. The van der Waals surface area contributed by atoms with E-state index in [-0.39, 0.29) is 36.2 Å². The molecule has 0 saturated heterocycles. The van der Waals surface area contributed by atoms with Crippen molar-refractivity contribution in [2.24, 2.45) is 28.3 Å². The standard InChI is InChI=1S/C17H22ClN9O2/c18-11-6(4-19)7-5-22-13(28)8-2-1-3-27(8)12-10(23-15(20)24-12)9(7)17(11)14(29)25-16(21)26-17/h1-3,6-7,9,11,14,29H,4-5,19H2,(H,22,28)(H3,20,23,24)(H3,21,25,26)/t6-,7-,9-,11+,14+,17+/m1/s1. The van der Waals surface area contributed by atoms with E-state index in [1.807, 2.05) is 0 Å². The molecule has 10 N–H and O–H groups in total. The smallest absolute Gasteiger partial charge is 0.268 e. The molecular formula is C17H22ClN9O2. The predicted molar refractivity (Wildman–Crippen MR) is 107 cm³/mol. The lowest BCUT2D eigenvalue weighted by Gasteiger charge is -2.37. The summed E-state index contributed by atoms with van der Waals surface area (Å²) < 4.78 is 1.66. The van der Waals surface area contributed by atoms with Gasteiger partial charge in [-0.2, -0.15) is 4.98 Å². The topological polar surface area (TPSA) is 185 Å². The van der Waals surface area contributed by atoms with Crippen LogP contribution in [0, 0.1) is 11.8 Å². The molecule has 3 aliphatic rings. The molecule has 6 atom stereocenters. The number of carbonyl (C=O) groups is 1. The molecule has 12 heteroatoms. The zero-order chi connectivity index (χ0) is 20.5. The van der Waals surface area contributed by atoms with E-state index in [1.54, 1.807) is 22.9 Å². The van der Waals surface area contributed by atoms with Crippen LogP contribution >= 0.6 is 11.6 Å². The molecule has 1 spiro atoms. The summed E-state index contributed by atoms with van der Waals surface area (Å²) in [5.41, 5.74) is 18.0. The van der Waals surface area contributed by atoms with Crippen LogP contribution in [0.25, 0.3) is 5.82 Å². The van der Waals surface area contributed by atoms with Crippen LogP contribution in [0.1, 0.15) is 22.1 Å². The van der Waals surface area contributed by atoms with Crippen LogP contribution in [0.2, 0.25) is 0 Å². The maximum Gasteiger partial charge on any atom is 0.268 e. The van der Waals surface area contributed by atoms with Crippen LogP contribution in [-0.2, 0) is 0 Å². The summed E-state index contributed by atoms with van der Waals surface area (Å²) in [6, 6.07) is 3.46. The average Bonchev–Trinajstić information content (AvgIpc) is 3.40. The van der Waals surface area contributed by atoms with E-state index in [2.05, 4.69) is 25.6 Å². The van der Waals surface area contributed by atoms with E-state index < -0.39 is 23.1 Å². The second kappa shape index (κ2) is 6.12. The molecule has 2 aromatic rings. The first-order valence-corrected chi connectivity index (χ1v) is 9.77. The van der Waals surface area contributed by atoms with Gasteiger partial charge in [0.2, 0.25) is 0 Å². The molecule has 4 heterocycles. The first-order valence-electron chi connectivity index (χ1n) is 9.33.